The highest BCUT2D eigenvalue weighted by Gasteiger charge is 2.31. The number of alkyl halides is 3. The molecule has 23 heavy (non-hydrogen) atoms. The zero-order valence-corrected chi connectivity index (χ0v) is 13.1. The summed E-state index contributed by atoms with van der Waals surface area (Å²) in [5.41, 5.74) is -0.602. The first-order chi connectivity index (χ1) is 11.1. The molecule has 0 bridgehead atoms. The van der Waals surface area contributed by atoms with Crippen molar-refractivity contribution in [1.82, 2.24) is 0 Å². The van der Waals surface area contributed by atoms with E-state index in [4.69, 9.17) is 0 Å². The van der Waals surface area contributed by atoms with E-state index in [-0.39, 0.29) is 0 Å². The van der Waals surface area contributed by atoms with Gasteiger partial charge in [0.25, 0.3) is 0 Å². The largest absolute Gasteiger partial charge is 0.416 e. The molecular formula is C19H15F3S. The van der Waals surface area contributed by atoms with Crippen LogP contribution < -0.4 is 0 Å². The summed E-state index contributed by atoms with van der Waals surface area (Å²) >= 11 is 0. The molecule has 0 unspecified atom stereocenters. The van der Waals surface area contributed by atoms with Crippen molar-refractivity contribution in [3.8, 4) is 0 Å². The van der Waals surface area contributed by atoms with Crippen molar-refractivity contribution in [2.45, 2.75) is 20.9 Å². The second-order valence-electron chi connectivity index (χ2n) is 5.05. The number of benzene rings is 3. The summed E-state index contributed by atoms with van der Waals surface area (Å²) in [6.45, 7) is 0. The van der Waals surface area contributed by atoms with Gasteiger partial charge in [-0.15, -0.1) is 0 Å². The molecule has 0 N–H and O–H groups in total. The number of hydrogen-bond donors (Lipinski definition) is 1. The molecule has 0 amide bonds. The quantitative estimate of drug-likeness (QED) is 0.544. The summed E-state index contributed by atoms with van der Waals surface area (Å²) in [5, 5.41) is 0. The fourth-order valence-electron chi connectivity index (χ4n) is 2.42. The van der Waals surface area contributed by atoms with Crippen LogP contribution in [-0.4, -0.2) is 0 Å². The lowest BCUT2D eigenvalue weighted by Crippen LogP contribution is -2.04. The van der Waals surface area contributed by atoms with Crippen molar-refractivity contribution >= 4 is 10.9 Å². The lowest BCUT2D eigenvalue weighted by atomic mass is 10.2. The number of halogens is 3. The van der Waals surface area contributed by atoms with Crippen molar-refractivity contribution in [3.05, 3.63) is 90.5 Å². The third-order valence-corrected chi connectivity index (χ3v) is 5.88. The predicted molar refractivity (Wildman–Crippen MR) is 88.1 cm³/mol. The fourth-order valence-corrected chi connectivity index (χ4v) is 4.76. The van der Waals surface area contributed by atoms with Gasteiger partial charge in [-0.3, -0.25) is 0 Å². The van der Waals surface area contributed by atoms with Gasteiger partial charge in [0.2, 0.25) is 0 Å². The first kappa shape index (κ1) is 15.7. The molecule has 0 atom stereocenters. The van der Waals surface area contributed by atoms with Gasteiger partial charge < -0.3 is 0 Å². The maximum atomic E-state index is 13.0. The minimum Gasteiger partial charge on any atom is -0.173 e. The number of hydrogen-bond acceptors (Lipinski definition) is 0. The van der Waals surface area contributed by atoms with Crippen molar-refractivity contribution in [2.75, 3.05) is 0 Å². The number of rotatable bonds is 3. The van der Waals surface area contributed by atoms with Gasteiger partial charge in [-0.25, -0.2) is 0 Å². The van der Waals surface area contributed by atoms with E-state index in [1.54, 1.807) is 6.07 Å². The Hall–Kier alpha value is -2.20. The smallest absolute Gasteiger partial charge is 0.173 e. The highest BCUT2D eigenvalue weighted by molar-refractivity contribution is 8.17. The van der Waals surface area contributed by atoms with Gasteiger partial charge in [0.1, 0.15) is 0 Å². The van der Waals surface area contributed by atoms with Crippen LogP contribution in [0.1, 0.15) is 5.56 Å². The van der Waals surface area contributed by atoms with Gasteiger partial charge >= 0.3 is 6.18 Å². The second kappa shape index (κ2) is 6.50. The molecule has 0 aliphatic heterocycles. The van der Waals surface area contributed by atoms with Gasteiger partial charge in [-0.05, 0) is 57.2 Å². The topological polar surface area (TPSA) is 0 Å². The van der Waals surface area contributed by atoms with Crippen molar-refractivity contribution < 1.29 is 13.2 Å². The summed E-state index contributed by atoms with van der Waals surface area (Å²) < 4.78 is 39.1. The van der Waals surface area contributed by atoms with E-state index in [9.17, 15) is 13.2 Å². The molecule has 0 radical (unpaired) electrons. The van der Waals surface area contributed by atoms with E-state index >= 15 is 0 Å². The molecule has 0 heterocycles. The van der Waals surface area contributed by atoms with Crippen LogP contribution in [0, 0.1) is 0 Å². The van der Waals surface area contributed by atoms with E-state index in [1.165, 1.54) is 12.1 Å². The van der Waals surface area contributed by atoms with Crippen LogP contribution in [0.15, 0.2) is 99.6 Å². The molecule has 4 heteroatoms. The van der Waals surface area contributed by atoms with Gasteiger partial charge in [-0.1, -0.05) is 42.5 Å². The Balaban J connectivity index is 2.14. The van der Waals surface area contributed by atoms with E-state index in [2.05, 4.69) is 0 Å². The van der Waals surface area contributed by atoms with Crippen molar-refractivity contribution in [1.29, 1.82) is 0 Å². The van der Waals surface area contributed by atoms with Crippen LogP contribution in [0.25, 0.3) is 0 Å². The maximum absolute atomic E-state index is 13.0. The zero-order valence-electron chi connectivity index (χ0n) is 12.2. The van der Waals surface area contributed by atoms with Crippen LogP contribution in [0.2, 0.25) is 0 Å². The highest BCUT2D eigenvalue weighted by atomic mass is 32.2. The predicted octanol–water partition coefficient (Wildman–Crippen LogP) is 6.18. The van der Waals surface area contributed by atoms with Gasteiger partial charge in [0.05, 0.1) is 5.56 Å². The minimum atomic E-state index is -4.33. The molecule has 118 valence electrons. The molecule has 0 aliphatic carbocycles. The zero-order chi connectivity index (χ0) is 16.3. The molecule has 3 aromatic rings. The fraction of sp³-hybridized carbons (Fsp3) is 0.0526. The Morgan fingerprint density at radius 3 is 1.52 bits per heavy atom. The van der Waals surface area contributed by atoms with Gasteiger partial charge in [-0.2, -0.15) is 24.1 Å². The highest BCUT2D eigenvalue weighted by Crippen LogP contribution is 2.51. The van der Waals surface area contributed by atoms with Crippen LogP contribution >= 0.6 is 10.9 Å². The molecule has 0 fully saturated rings. The summed E-state index contributed by atoms with van der Waals surface area (Å²) in [5.74, 6) is 0. The van der Waals surface area contributed by atoms with Gasteiger partial charge in [0.15, 0.2) is 0 Å². The second-order valence-corrected chi connectivity index (χ2v) is 7.27. The molecule has 0 saturated heterocycles. The summed E-state index contributed by atoms with van der Waals surface area (Å²) in [6.07, 6.45) is -4.33. The Morgan fingerprint density at radius 1 is 0.565 bits per heavy atom. The van der Waals surface area contributed by atoms with Crippen LogP contribution in [0.3, 0.4) is 0 Å². The molecule has 3 rings (SSSR count). The van der Waals surface area contributed by atoms with E-state index in [0.29, 0.717) is 4.90 Å². The molecule has 0 nitrogen and oxygen atoms in total. The number of thiol groups is 1. The normalized spacial score (nSPS) is 12.0. The first-order valence-corrected chi connectivity index (χ1v) is 8.47. The van der Waals surface area contributed by atoms with Crippen LogP contribution in [0.5, 0.6) is 0 Å². The monoisotopic (exact) mass is 332 g/mol. The van der Waals surface area contributed by atoms with E-state index in [1.807, 2.05) is 60.7 Å². The SMILES string of the molecule is FC(F)(F)c1cccc([SH](c2ccccc2)c2ccccc2)c1. The summed E-state index contributed by atoms with van der Waals surface area (Å²) in [6, 6.07) is 25.0. The molecule has 0 aromatic heterocycles. The van der Waals surface area contributed by atoms with Crippen molar-refractivity contribution in [2.24, 2.45) is 0 Å². The maximum Gasteiger partial charge on any atom is 0.416 e. The lowest BCUT2D eigenvalue weighted by Gasteiger charge is -2.24. The molecule has 3 aromatic carbocycles. The van der Waals surface area contributed by atoms with Crippen molar-refractivity contribution in [3.63, 3.8) is 0 Å². The van der Waals surface area contributed by atoms with Crippen LogP contribution in [0.4, 0.5) is 13.2 Å². The Labute approximate surface area is 135 Å². The molecule has 0 aliphatic rings. The summed E-state index contributed by atoms with van der Waals surface area (Å²) in [7, 11) is -1.01. The molecule has 0 spiro atoms. The first-order valence-electron chi connectivity index (χ1n) is 7.13. The van der Waals surface area contributed by atoms with E-state index in [0.717, 1.165) is 15.9 Å². The van der Waals surface area contributed by atoms with Gasteiger partial charge in [0, 0.05) is 0 Å². The standard InChI is InChI=1S/C19H15F3S/c20-19(21,22)15-8-7-13-18(14-15)23(16-9-3-1-4-10-16)17-11-5-2-6-12-17/h1-14,23H. The summed E-state index contributed by atoms with van der Waals surface area (Å²) in [4.78, 5) is 2.77. The lowest BCUT2D eigenvalue weighted by molar-refractivity contribution is -0.137. The van der Waals surface area contributed by atoms with Crippen LogP contribution in [-0.2, 0) is 6.18 Å². The Kier molecular flexibility index (Phi) is 4.44. The average molecular weight is 332 g/mol. The third-order valence-electron chi connectivity index (χ3n) is 3.46. The Morgan fingerprint density at radius 2 is 1.04 bits per heavy atom. The Bertz CT molecular complexity index is 728. The van der Waals surface area contributed by atoms with E-state index < -0.39 is 22.6 Å². The third kappa shape index (κ3) is 3.59. The average Bonchev–Trinajstić information content (AvgIpc) is 2.57. The minimum absolute atomic E-state index is 0.602. The molecule has 0 saturated carbocycles. The molecular weight excluding hydrogens is 317 g/mol.